The molecule has 0 radical (unpaired) electrons. The smallest absolute Gasteiger partial charge is 0.186 e. The zero-order chi connectivity index (χ0) is 11.7. The van der Waals surface area contributed by atoms with Gasteiger partial charge in [0, 0.05) is 10.6 Å². The summed E-state index contributed by atoms with van der Waals surface area (Å²) >= 11 is 17.3. The van der Waals surface area contributed by atoms with Crippen molar-refractivity contribution in [3.05, 3.63) is 45.5 Å². The molecule has 82 valence electrons. The van der Waals surface area contributed by atoms with E-state index in [-0.39, 0.29) is 10.8 Å². The highest BCUT2D eigenvalue weighted by Crippen LogP contribution is 2.32. The van der Waals surface area contributed by atoms with E-state index >= 15 is 0 Å². The fraction of sp³-hybridized carbons (Fsp3) is 0. The number of hydrogen-bond donors (Lipinski definition) is 0. The summed E-state index contributed by atoms with van der Waals surface area (Å²) in [5, 5.41) is 0.535. The molecule has 0 saturated heterocycles. The third-order valence-corrected chi connectivity index (χ3v) is 2.76. The maximum Gasteiger partial charge on any atom is 0.186 e. The molecule has 0 amide bonds. The fourth-order valence-electron chi connectivity index (χ4n) is 1.22. The maximum absolute atomic E-state index is 13.6. The lowest BCUT2D eigenvalue weighted by Crippen LogP contribution is -1.93. The molecule has 0 aliphatic carbocycles. The van der Waals surface area contributed by atoms with Gasteiger partial charge in [-0.3, -0.25) is 0 Å². The second kappa shape index (κ2) is 4.53. The molecule has 0 unspecified atom stereocenters. The number of nitrogens with zero attached hydrogens (tertiary/aromatic N) is 2. The minimum atomic E-state index is -0.715. The first-order valence-electron chi connectivity index (χ1n) is 4.21. The zero-order valence-corrected chi connectivity index (χ0v) is 9.98. The number of rotatable bonds is 1. The van der Waals surface area contributed by atoms with Crippen LogP contribution < -0.4 is 0 Å². The summed E-state index contributed by atoms with van der Waals surface area (Å²) in [5.74, 6) is -0.715. The van der Waals surface area contributed by atoms with E-state index in [2.05, 4.69) is 9.97 Å². The van der Waals surface area contributed by atoms with Crippen molar-refractivity contribution in [1.29, 1.82) is 0 Å². The van der Waals surface area contributed by atoms with Gasteiger partial charge in [-0.1, -0.05) is 34.8 Å². The summed E-state index contributed by atoms with van der Waals surface area (Å²) < 4.78 is 13.6. The summed E-state index contributed by atoms with van der Waals surface area (Å²) in [6.07, 6.45) is 1.16. The van der Waals surface area contributed by atoms with E-state index in [1.807, 2.05) is 0 Å². The molecule has 0 saturated carbocycles. The summed E-state index contributed by atoms with van der Waals surface area (Å²) in [7, 11) is 0. The lowest BCUT2D eigenvalue weighted by molar-refractivity contribution is 0.618. The van der Waals surface area contributed by atoms with Crippen molar-refractivity contribution in [3.63, 3.8) is 0 Å². The van der Waals surface area contributed by atoms with Crippen LogP contribution >= 0.6 is 34.8 Å². The largest absolute Gasteiger partial charge is 0.233 e. The SMILES string of the molecule is Fc1c(Cl)ncnc1-c1cc(Cl)ccc1Cl. The first-order valence-corrected chi connectivity index (χ1v) is 5.34. The van der Waals surface area contributed by atoms with Crippen LogP contribution in [0.1, 0.15) is 0 Å². The van der Waals surface area contributed by atoms with Crippen LogP contribution in [-0.2, 0) is 0 Å². The molecule has 2 rings (SSSR count). The molecule has 2 aromatic rings. The molecule has 0 spiro atoms. The number of benzene rings is 1. The Hall–Kier alpha value is -0.900. The normalized spacial score (nSPS) is 10.5. The molecule has 2 nitrogen and oxygen atoms in total. The Bertz CT molecular complexity index is 546. The highest BCUT2D eigenvalue weighted by atomic mass is 35.5. The van der Waals surface area contributed by atoms with E-state index in [4.69, 9.17) is 34.8 Å². The van der Waals surface area contributed by atoms with Gasteiger partial charge in [0.15, 0.2) is 11.0 Å². The van der Waals surface area contributed by atoms with Crippen molar-refractivity contribution in [2.75, 3.05) is 0 Å². The average molecular weight is 278 g/mol. The Morgan fingerprint density at radius 3 is 2.56 bits per heavy atom. The van der Waals surface area contributed by atoms with Gasteiger partial charge >= 0.3 is 0 Å². The van der Waals surface area contributed by atoms with E-state index in [0.29, 0.717) is 15.6 Å². The molecule has 0 atom stereocenters. The Morgan fingerprint density at radius 2 is 1.81 bits per heavy atom. The van der Waals surface area contributed by atoms with Crippen LogP contribution in [0.5, 0.6) is 0 Å². The molecule has 1 heterocycles. The number of hydrogen-bond acceptors (Lipinski definition) is 2. The molecular weight excluding hydrogens is 273 g/mol. The molecular formula is C10H4Cl3FN2. The van der Waals surface area contributed by atoms with Crippen molar-refractivity contribution in [2.45, 2.75) is 0 Å². The van der Waals surface area contributed by atoms with E-state index in [1.165, 1.54) is 6.07 Å². The Kier molecular flexibility index (Phi) is 3.28. The molecule has 0 aliphatic heterocycles. The average Bonchev–Trinajstić information content (AvgIpc) is 2.26. The molecule has 16 heavy (non-hydrogen) atoms. The second-order valence-corrected chi connectivity index (χ2v) is 4.15. The quantitative estimate of drug-likeness (QED) is 0.729. The van der Waals surface area contributed by atoms with Crippen LogP contribution in [-0.4, -0.2) is 9.97 Å². The predicted octanol–water partition coefficient (Wildman–Crippen LogP) is 4.24. The molecule has 0 fully saturated rings. The van der Waals surface area contributed by atoms with Gasteiger partial charge in [-0.25, -0.2) is 14.4 Å². The summed E-state index contributed by atoms with van der Waals surface area (Å²) in [5.41, 5.74) is 0.420. The Balaban J connectivity index is 2.67. The van der Waals surface area contributed by atoms with Crippen molar-refractivity contribution in [3.8, 4) is 11.3 Å². The lowest BCUT2D eigenvalue weighted by atomic mass is 10.1. The first-order chi connectivity index (χ1) is 7.59. The fourth-order valence-corrected chi connectivity index (χ4v) is 1.73. The maximum atomic E-state index is 13.6. The third-order valence-electron chi connectivity index (χ3n) is 1.93. The van der Waals surface area contributed by atoms with Gasteiger partial charge in [0.1, 0.15) is 12.0 Å². The van der Waals surface area contributed by atoms with Gasteiger partial charge in [-0.05, 0) is 18.2 Å². The molecule has 1 aromatic heterocycles. The zero-order valence-electron chi connectivity index (χ0n) is 7.72. The van der Waals surface area contributed by atoms with Crippen LogP contribution in [0.4, 0.5) is 4.39 Å². The van der Waals surface area contributed by atoms with Gasteiger partial charge in [0.25, 0.3) is 0 Å². The minimum Gasteiger partial charge on any atom is -0.233 e. The van der Waals surface area contributed by atoms with E-state index in [0.717, 1.165) is 6.33 Å². The van der Waals surface area contributed by atoms with Crippen LogP contribution in [0.25, 0.3) is 11.3 Å². The van der Waals surface area contributed by atoms with Gasteiger partial charge in [0.05, 0.1) is 5.02 Å². The molecule has 1 aromatic carbocycles. The van der Waals surface area contributed by atoms with Crippen LogP contribution in [0.15, 0.2) is 24.5 Å². The van der Waals surface area contributed by atoms with Crippen LogP contribution in [0.2, 0.25) is 15.2 Å². The molecule has 0 aliphatic rings. The second-order valence-electron chi connectivity index (χ2n) is 2.95. The topological polar surface area (TPSA) is 25.8 Å². The van der Waals surface area contributed by atoms with Gasteiger partial charge < -0.3 is 0 Å². The molecule has 0 bridgehead atoms. The summed E-state index contributed by atoms with van der Waals surface area (Å²) in [6, 6.07) is 4.69. The van der Waals surface area contributed by atoms with Crippen molar-refractivity contribution >= 4 is 34.8 Å². The van der Waals surface area contributed by atoms with Crippen molar-refractivity contribution < 1.29 is 4.39 Å². The minimum absolute atomic E-state index is 0.0347. The molecule has 6 heteroatoms. The Labute approximate surface area is 106 Å². The highest BCUT2D eigenvalue weighted by molar-refractivity contribution is 6.35. The highest BCUT2D eigenvalue weighted by Gasteiger charge is 2.14. The summed E-state index contributed by atoms with van der Waals surface area (Å²) in [4.78, 5) is 7.32. The van der Waals surface area contributed by atoms with E-state index in [1.54, 1.807) is 12.1 Å². The van der Waals surface area contributed by atoms with Crippen molar-refractivity contribution in [1.82, 2.24) is 9.97 Å². The van der Waals surface area contributed by atoms with Crippen molar-refractivity contribution in [2.24, 2.45) is 0 Å². The lowest BCUT2D eigenvalue weighted by Gasteiger charge is -2.05. The van der Waals surface area contributed by atoms with Crippen LogP contribution in [0.3, 0.4) is 0 Å². The van der Waals surface area contributed by atoms with Gasteiger partial charge in [0.2, 0.25) is 0 Å². The third kappa shape index (κ3) is 2.12. The number of aromatic nitrogens is 2. The van der Waals surface area contributed by atoms with E-state index in [9.17, 15) is 4.39 Å². The monoisotopic (exact) mass is 276 g/mol. The standard InChI is InChI=1S/C10H4Cl3FN2/c11-5-1-2-7(12)6(3-5)9-8(14)10(13)16-4-15-9/h1-4H. The van der Waals surface area contributed by atoms with Gasteiger partial charge in [-0.15, -0.1) is 0 Å². The Morgan fingerprint density at radius 1 is 1.06 bits per heavy atom. The number of halogens is 4. The van der Waals surface area contributed by atoms with Crippen LogP contribution in [0, 0.1) is 5.82 Å². The first kappa shape index (κ1) is 11.6. The van der Waals surface area contributed by atoms with E-state index < -0.39 is 5.82 Å². The predicted molar refractivity (Wildman–Crippen MR) is 62.5 cm³/mol. The van der Waals surface area contributed by atoms with Gasteiger partial charge in [-0.2, -0.15) is 0 Å². The molecule has 0 N–H and O–H groups in total. The summed E-state index contributed by atoms with van der Waals surface area (Å²) in [6.45, 7) is 0.